The molecule has 0 radical (unpaired) electrons. The van der Waals surface area contributed by atoms with Gasteiger partial charge < -0.3 is 5.32 Å². The number of aromatic nitrogens is 2. The number of hydrogen-bond acceptors (Lipinski definition) is 4. The summed E-state index contributed by atoms with van der Waals surface area (Å²) >= 11 is 3.50. The number of halogens is 1. The molecule has 92 valence electrons. The molecule has 8 heteroatoms. The van der Waals surface area contributed by atoms with Crippen molar-refractivity contribution in [1.82, 2.24) is 15.1 Å². The van der Waals surface area contributed by atoms with Crippen LogP contribution in [-0.4, -0.2) is 31.5 Å². The minimum Gasteiger partial charge on any atom is -0.353 e. The fraction of sp³-hybridized carbons (Fsp3) is 0.556. The molecule has 0 bridgehead atoms. The molecule has 17 heavy (non-hydrogen) atoms. The smallest absolute Gasteiger partial charge is 0.307 e. The first-order valence-electron chi connectivity index (χ1n) is 5.11. The topological polar surface area (TPSA) is 90.1 Å². The largest absolute Gasteiger partial charge is 0.353 e. The van der Waals surface area contributed by atoms with Gasteiger partial charge in [-0.3, -0.25) is 19.6 Å². The fourth-order valence-corrected chi connectivity index (χ4v) is 1.64. The van der Waals surface area contributed by atoms with Crippen LogP contribution in [-0.2, 0) is 11.3 Å². The average molecular weight is 303 g/mol. The highest BCUT2D eigenvalue weighted by molar-refractivity contribution is 9.10. The zero-order valence-electron chi connectivity index (χ0n) is 8.93. The molecule has 1 N–H and O–H groups in total. The lowest BCUT2D eigenvalue weighted by molar-refractivity contribution is -0.385. The summed E-state index contributed by atoms with van der Waals surface area (Å²) in [6.07, 6.45) is 4.47. The molecule has 1 heterocycles. The van der Waals surface area contributed by atoms with Gasteiger partial charge in [0.1, 0.15) is 18.9 Å². The van der Waals surface area contributed by atoms with Crippen LogP contribution in [0.5, 0.6) is 0 Å². The molecule has 1 aromatic rings. The summed E-state index contributed by atoms with van der Waals surface area (Å²) in [6, 6.07) is 0. The van der Waals surface area contributed by atoms with Crippen molar-refractivity contribution in [2.24, 2.45) is 0 Å². The Hall–Kier alpha value is -1.44. The first-order valence-corrected chi connectivity index (χ1v) is 5.90. The minimum absolute atomic E-state index is 0.00306. The van der Waals surface area contributed by atoms with E-state index in [1.165, 1.54) is 10.9 Å². The molecule has 1 aliphatic carbocycles. The van der Waals surface area contributed by atoms with Crippen LogP contribution in [0.25, 0.3) is 0 Å². The summed E-state index contributed by atoms with van der Waals surface area (Å²) in [5, 5.41) is 16.9. The molecule has 0 saturated heterocycles. The number of rotatable bonds is 5. The highest BCUT2D eigenvalue weighted by atomic mass is 79.9. The number of nitrogens with one attached hydrogen (secondary N) is 1. The molecule has 1 fully saturated rings. The highest BCUT2D eigenvalue weighted by Crippen LogP contribution is 2.43. The molecule has 0 aliphatic heterocycles. The van der Waals surface area contributed by atoms with E-state index in [-0.39, 0.29) is 22.5 Å². The third-order valence-corrected chi connectivity index (χ3v) is 3.60. The first kappa shape index (κ1) is 12.0. The predicted molar refractivity (Wildman–Crippen MR) is 62.8 cm³/mol. The predicted octanol–water partition coefficient (Wildman–Crippen LogP) is 0.835. The van der Waals surface area contributed by atoms with E-state index in [2.05, 4.69) is 26.3 Å². The Balaban J connectivity index is 1.82. The van der Waals surface area contributed by atoms with E-state index in [0.717, 1.165) is 19.0 Å². The summed E-state index contributed by atoms with van der Waals surface area (Å²) in [4.78, 5) is 21.4. The Morgan fingerprint density at radius 2 is 2.41 bits per heavy atom. The van der Waals surface area contributed by atoms with Crippen LogP contribution in [0.1, 0.15) is 12.8 Å². The standard InChI is InChI=1S/C9H11BrN4O3/c10-9(1-2-9)6-11-8(15)5-13-4-7(3-12-13)14(16)17/h3-4H,1-2,5-6H2,(H,11,15). The van der Waals surface area contributed by atoms with E-state index in [4.69, 9.17) is 0 Å². The van der Waals surface area contributed by atoms with Gasteiger partial charge in [0.2, 0.25) is 5.91 Å². The number of amides is 1. The van der Waals surface area contributed by atoms with Crippen molar-refractivity contribution in [1.29, 1.82) is 0 Å². The van der Waals surface area contributed by atoms with Gasteiger partial charge in [0.15, 0.2) is 0 Å². The Kier molecular flexibility index (Phi) is 3.14. The molecule has 7 nitrogen and oxygen atoms in total. The zero-order chi connectivity index (χ0) is 12.5. The monoisotopic (exact) mass is 302 g/mol. The lowest BCUT2D eigenvalue weighted by Crippen LogP contribution is -2.33. The third kappa shape index (κ3) is 3.26. The number of hydrogen-bond donors (Lipinski definition) is 1. The van der Waals surface area contributed by atoms with Crippen molar-refractivity contribution >= 4 is 27.5 Å². The Bertz CT molecular complexity index is 455. The van der Waals surface area contributed by atoms with Crippen molar-refractivity contribution in [3.05, 3.63) is 22.5 Å². The number of nitrogens with zero attached hydrogens (tertiary/aromatic N) is 3. The van der Waals surface area contributed by atoms with Crippen molar-refractivity contribution in [3.63, 3.8) is 0 Å². The Morgan fingerprint density at radius 1 is 1.71 bits per heavy atom. The molecular weight excluding hydrogens is 292 g/mol. The lowest BCUT2D eigenvalue weighted by atomic mass is 10.4. The SMILES string of the molecule is O=C(Cn1cc([N+](=O)[O-])cn1)NCC1(Br)CC1. The van der Waals surface area contributed by atoms with E-state index in [1.807, 2.05) is 0 Å². The highest BCUT2D eigenvalue weighted by Gasteiger charge is 2.39. The first-order chi connectivity index (χ1) is 7.98. The van der Waals surface area contributed by atoms with Crippen molar-refractivity contribution in [2.75, 3.05) is 6.54 Å². The van der Waals surface area contributed by atoms with Gasteiger partial charge in [-0.2, -0.15) is 5.10 Å². The van der Waals surface area contributed by atoms with E-state index in [0.29, 0.717) is 6.54 Å². The van der Waals surface area contributed by atoms with E-state index < -0.39 is 4.92 Å². The van der Waals surface area contributed by atoms with Gasteiger partial charge in [-0.05, 0) is 12.8 Å². The second kappa shape index (κ2) is 4.44. The Labute approximate surface area is 105 Å². The van der Waals surface area contributed by atoms with E-state index >= 15 is 0 Å². The van der Waals surface area contributed by atoms with Gasteiger partial charge in [0.25, 0.3) is 0 Å². The minimum atomic E-state index is -0.543. The number of carbonyl (C=O) groups is 1. The van der Waals surface area contributed by atoms with Gasteiger partial charge in [-0.25, -0.2) is 0 Å². The normalized spacial score (nSPS) is 16.5. The number of nitro groups is 1. The fourth-order valence-electron chi connectivity index (χ4n) is 1.31. The van der Waals surface area contributed by atoms with Gasteiger partial charge in [-0.1, -0.05) is 15.9 Å². The molecule has 1 aromatic heterocycles. The van der Waals surface area contributed by atoms with Crippen LogP contribution in [0.3, 0.4) is 0 Å². The zero-order valence-corrected chi connectivity index (χ0v) is 10.5. The van der Waals surface area contributed by atoms with Crippen LogP contribution >= 0.6 is 15.9 Å². The van der Waals surface area contributed by atoms with Gasteiger partial charge in [0.05, 0.1) is 4.92 Å². The number of carbonyl (C=O) groups excluding carboxylic acids is 1. The average Bonchev–Trinajstić information content (AvgIpc) is 2.81. The molecule has 1 saturated carbocycles. The molecule has 1 aliphatic rings. The van der Waals surface area contributed by atoms with Gasteiger partial charge in [-0.15, -0.1) is 0 Å². The van der Waals surface area contributed by atoms with Crippen LogP contribution in [0, 0.1) is 10.1 Å². The summed E-state index contributed by atoms with van der Waals surface area (Å²) in [5.74, 6) is -0.200. The van der Waals surface area contributed by atoms with Crippen molar-refractivity contribution in [3.8, 4) is 0 Å². The maximum atomic E-state index is 11.5. The van der Waals surface area contributed by atoms with Crippen LogP contribution in [0.15, 0.2) is 12.4 Å². The van der Waals surface area contributed by atoms with E-state index in [1.54, 1.807) is 0 Å². The molecule has 0 atom stereocenters. The molecule has 0 aromatic carbocycles. The molecule has 1 amide bonds. The maximum absolute atomic E-state index is 11.5. The molecular formula is C9H11BrN4O3. The summed E-state index contributed by atoms with van der Waals surface area (Å²) in [6.45, 7) is 0.576. The van der Waals surface area contributed by atoms with Gasteiger partial charge >= 0.3 is 5.69 Å². The van der Waals surface area contributed by atoms with Crippen LogP contribution in [0.4, 0.5) is 5.69 Å². The van der Waals surface area contributed by atoms with Crippen molar-refractivity contribution in [2.45, 2.75) is 23.7 Å². The third-order valence-electron chi connectivity index (χ3n) is 2.53. The molecule has 0 unspecified atom stereocenters. The summed E-state index contributed by atoms with van der Waals surface area (Å²) in [5.41, 5.74) is -0.114. The second-order valence-electron chi connectivity index (χ2n) is 4.08. The number of alkyl halides is 1. The lowest BCUT2D eigenvalue weighted by Gasteiger charge is -2.08. The second-order valence-corrected chi connectivity index (χ2v) is 5.76. The maximum Gasteiger partial charge on any atom is 0.307 e. The van der Waals surface area contributed by atoms with Gasteiger partial charge in [0, 0.05) is 10.9 Å². The summed E-state index contributed by atoms with van der Waals surface area (Å²) < 4.78 is 1.32. The molecule has 2 rings (SSSR count). The van der Waals surface area contributed by atoms with Crippen molar-refractivity contribution < 1.29 is 9.72 Å². The molecule has 0 spiro atoms. The Morgan fingerprint density at radius 3 is 2.94 bits per heavy atom. The quantitative estimate of drug-likeness (QED) is 0.496. The van der Waals surface area contributed by atoms with Crippen LogP contribution < -0.4 is 5.32 Å². The van der Waals surface area contributed by atoms with E-state index in [9.17, 15) is 14.9 Å². The summed E-state index contributed by atoms with van der Waals surface area (Å²) in [7, 11) is 0. The van der Waals surface area contributed by atoms with Crippen LogP contribution in [0.2, 0.25) is 0 Å².